The van der Waals surface area contributed by atoms with Crippen molar-refractivity contribution >= 4 is 22.1 Å². The number of rotatable bonds is 5. The smallest absolute Gasteiger partial charge is 0.135 e. The molecule has 7 aromatic carbocycles. The fourth-order valence-electron chi connectivity index (χ4n) is 6.64. The Morgan fingerprint density at radius 1 is 0.326 bits per heavy atom. The van der Waals surface area contributed by atoms with Crippen molar-refractivity contribution in [1.29, 1.82) is 0 Å². The highest BCUT2D eigenvalue weighted by molar-refractivity contribution is 7.18. The molecule has 8 aromatic rings. The number of fused-ring (bicyclic) bond motifs is 2. The number of hydrogen-bond donors (Lipinski definition) is 0. The van der Waals surface area contributed by atoms with Crippen LogP contribution in [0.15, 0.2) is 170 Å². The predicted octanol–water partition coefficient (Wildman–Crippen LogP) is 13.0. The maximum atomic E-state index is 6.33. The first-order valence-electron chi connectivity index (χ1n) is 15.6. The first-order chi connectivity index (χ1) is 22.8. The van der Waals surface area contributed by atoms with Gasteiger partial charge in [0.1, 0.15) is 11.5 Å². The molecule has 2 heterocycles. The lowest BCUT2D eigenvalue weighted by Gasteiger charge is -2.21. The van der Waals surface area contributed by atoms with Crippen molar-refractivity contribution in [2.24, 2.45) is 0 Å². The Morgan fingerprint density at radius 2 is 0.935 bits per heavy atom. The molecule has 0 unspecified atom stereocenters. The van der Waals surface area contributed by atoms with E-state index in [2.05, 4.69) is 170 Å². The van der Waals surface area contributed by atoms with Crippen molar-refractivity contribution in [1.82, 2.24) is 0 Å². The lowest BCUT2D eigenvalue weighted by molar-refractivity contribution is 0.487. The van der Waals surface area contributed by atoms with Gasteiger partial charge in [-0.3, -0.25) is 0 Å². The van der Waals surface area contributed by atoms with Crippen LogP contribution in [0.5, 0.6) is 11.5 Å². The molecular formula is C44H28OS. The molecular weight excluding hydrogens is 577 g/mol. The van der Waals surface area contributed by atoms with Crippen LogP contribution in [0.3, 0.4) is 0 Å². The summed E-state index contributed by atoms with van der Waals surface area (Å²) in [6, 6.07) is 60.9. The summed E-state index contributed by atoms with van der Waals surface area (Å²) in [6.45, 7) is 0. The minimum atomic E-state index is 0.912. The Balaban J connectivity index is 1.03. The summed E-state index contributed by atoms with van der Waals surface area (Å²) in [5, 5.41) is 2.39. The molecule has 0 saturated heterocycles. The number of benzene rings is 7. The molecule has 0 amide bonds. The number of thiophene rings is 1. The fraction of sp³-hybridized carbons (Fsp3) is 0. The zero-order chi connectivity index (χ0) is 30.5. The average Bonchev–Trinajstić information content (AvgIpc) is 3.63. The maximum absolute atomic E-state index is 6.33. The Labute approximate surface area is 272 Å². The van der Waals surface area contributed by atoms with Crippen LogP contribution in [0.1, 0.15) is 0 Å². The molecule has 1 aromatic heterocycles. The van der Waals surface area contributed by atoms with Gasteiger partial charge in [-0.2, -0.15) is 0 Å². The van der Waals surface area contributed by atoms with Crippen molar-refractivity contribution < 1.29 is 4.74 Å². The molecule has 46 heavy (non-hydrogen) atoms. The summed E-state index contributed by atoms with van der Waals surface area (Å²) < 4.78 is 6.33. The molecule has 0 spiro atoms. The predicted molar refractivity (Wildman–Crippen MR) is 195 cm³/mol. The van der Waals surface area contributed by atoms with Gasteiger partial charge in [0.15, 0.2) is 0 Å². The van der Waals surface area contributed by atoms with Crippen molar-refractivity contribution in [3.63, 3.8) is 0 Å². The van der Waals surface area contributed by atoms with E-state index < -0.39 is 0 Å². The summed E-state index contributed by atoms with van der Waals surface area (Å²) in [7, 11) is 0. The standard InChI is InChI=1S/C44H28OS/c1-3-9-30(10-4-1)36-23-21-34(27-38(36)31-11-5-2-6-12-31)29-17-19-32(20-18-29)42-25-26-43(46-42)35-22-24-40-39(28-35)37-15-7-13-33-14-8-16-41(45-40)44(33)37/h1-28H. The Morgan fingerprint density at radius 3 is 1.70 bits per heavy atom. The van der Waals surface area contributed by atoms with Crippen molar-refractivity contribution in [3.8, 4) is 76.9 Å². The highest BCUT2D eigenvalue weighted by Gasteiger charge is 2.20. The van der Waals surface area contributed by atoms with Crippen molar-refractivity contribution in [3.05, 3.63) is 170 Å². The van der Waals surface area contributed by atoms with E-state index in [0.717, 1.165) is 17.1 Å². The van der Waals surface area contributed by atoms with E-state index in [1.807, 2.05) is 11.3 Å². The van der Waals surface area contributed by atoms with E-state index in [-0.39, 0.29) is 0 Å². The molecule has 216 valence electrons. The lowest BCUT2D eigenvalue weighted by Crippen LogP contribution is -1.97. The third-order valence-corrected chi connectivity index (χ3v) is 10.1. The van der Waals surface area contributed by atoms with Gasteiger partial charge in [0.2, 0.25) is 0 Å². The van der Waals surface area contributed by atoms with Gasteiger partial charge in [0, 0.05) is 20.7 Å². The second-order valence-corrected chi connectivity index (χ2v) is 12.8. The zero-order valence-corrected chi connectivity index (χ0v) is 25.8. The van der Waals surface area contributed by atoms with Crippen LogP contribution in [-0.4, -0.2) is 0 Å². The largest absolute Gasteiger partial charge is 0.456 e. The van der Waals surface area contributed by atoms with Crippen molar-refractivity contribution in [2.45, 2.75) is 0 Å². The first kappa shape index (κ1) is 26.7. The SMILES string of the molecule is c1ccc(-c2ccc(-c3ccc(-c4ccc(-c5ccc6c(c5)-c5cccc7cccc(c57)O6)s4)cc3)cc2-c2ccccc2)cc1. The molecule has 0 bridgehead atoms. The van der Waals surface area contributed by atoms with Gasteiger partial charge < -0.3 is 4.74 Å². The van der Waals surface area contributed by atoms with Gasteiger partial charge in [-0.05, 0) is 97.9 Å². The summed E-state index contributed by atoms with van der Waals surface area (Å²) in [4.78, 5) is 2.50. The number of hydrogen-bond acceptors (Lipinski definition) is 2. The normalized spacial score (nSPS) is 11.7. The summed E-state index contributed by atoms with van der Waals surface area (Å²) in [5.74, 6) is 1.84. The summed E-state index contributed by atoms with van der Waals surface area (Å²) in [5.41, 5.74) is 12.2. The third kappa shape index (κ3) is 4.63. The van der Waals surface area contributed by atoms with E-state index in [1.165, 1.54) is 70.6 Å². The average molecular weight is 605 g/mol. The van der Waals surface area contributed by atoms with Crippen LogP contribution in [0.25, 0.3) is 76.2 Å². The minimum absolute atomic E-state index is 0.912. The molecule has 0 atom stereocenters. The molecule has 1 nitrogen and oxygen atoms in total. The quantitative estimate of drug-likeness (QED) is 0.190. The maximum Gasteiger partial charge on any atom is 0.135 e. The highest BCUT2D eigenvalue weighted by atomic mass is 32.1. The van der Waals surface area contributed by atoms with E-state index in [0.29, 0.717) is 0 Å². The molecule has 1 aliphatic rings. The van der Waals surface area contributed by atoms with E-state index in [1.54, 1.807) is 0 Å². The number of ether oxygens (including phenoxy) is 1. The summed E-state index contributed by atoms with van der Waals surface area (Å²) >= 11 is 1.83. The Kier molecular flexibility index (Phi) is 6.40. The van der Waals surface area contributed by atoms with E-state index in [4.69, 9.17) is 4.74 Å². The molecule has 0 N–H and O–H groups in total. The third-order valence-electron chi connectivity index (χ3n) is 8.94. The molecule has 0 fully saturated rings. The Hall–Kier alpha value is -5.70. The molecule has 0 radical (unpaired) electrons. The van der Waals surface area contributed by atoms with Gasteiger partial charge in [0.05, 0.1) is 0 Å². The van der Waals surface area contributed by atoms with Crippen molar-refractivity contribution in [2.75, 3.05) is 0 Å². The van der Waals surface area contributed by atoms with Gasteiger partial charge in [0.25, 0.3) is 0 Å². The second-order valence-electron chi connectivity index (χ2n) is 11.7. The summed E-state index contributed by atoms with van der Waals surface area (Å²) in [6.07, 6.45) is 0. The van der Waals surface area contributed by atoms with Crippen LogP contribution < -0.4 is 4.74 Å². The minimum Gasteiger partial charge on any atom is -0.456 e. The second kappa shape index (κ2) is 11.0. The fourth-order valence-corrected chi connectivity index (χ4v) is 7.65. The topological polar surface area (TPSA) is 9.23 Å². The van der Waals surface area contributed by atoms with Gasteiger partial charge in [-0.15, -0.1) is 11.3 Å². The lowest BCUT2D eigenvalue weighted by atomic mass is 9.91. The van der Waals surface area contributed by atoms with Crippen LogP contribution in [0.4, 0.5) is 0 Å². The van der Waals surface area contributed by atoms with Gasteiger partial charge in [-0.1, -0.05) is 127 Å². The van der Waals surface area contributed by atoms with Gasteiger partial charge >= 0.3 is 0 Å². The molecule has 1 aliphatic heterocycles. The molecule has 9 rings (SSSR count). The van der Waals surface area contributed by atoms with Gasteiger partial charge in [-0.25, -0.2) is 0 Å². The van der Waals surface area contributed by atoms with Crippen LogP contribution in [-0.2, 0) is 0 Å². The van der Waals surface area contributed by atoms with E-state index >= 15 is 0 Å². The van der Waals surface area contributed by atoms with Crippen LogP contribution in [0, 0.1) is 0 Å². The Bertz CT molecular complexity index is 2360. The first-order valence-corrected chi connectivity index (χ1v) is 16.4. The highest BCUT2D eigenvalue weighted by Crippen LogP contribution is 2.48. The monoisotopic (exact) mass is 604 g/mol. The van der Waals surface area contributed by atoms with E-state index in [9.17, 15) is 0 Å². The molecule has 2 heteroatoms. The van der Waals surface area contributed by atoms with Crippen LogP contribution in [0.2, 0.25) is 0 Å². The van der Waals surface area contributed by atoms with Crippen LogP contribution >= 0.6 is 11.3 Å². The molecule has 0 saturated carbocycles. The zero-order valence-electron chi connectivity index (χ0n) is 25.0. The molecule has 0 aliphatic carbocycles.